The predicted molar refractivity (Wildman–Crippen MR) is 83.5 cm³/mol. The molecule has 1 saturated heterocycles. The lowest BCUT2D eigenvalue weighted by Gasteiger charge is -2.26. The van der Waals surface area contributed by atoms with Crippen LogP contribution in [0.15, 0.2) is 15.9 Å². The number of hydrogen-bond acceptors (Lipinski definition) is 3. The molecule has 0 amide bonds. The first-order valence-corrected chi connectivity index (χ1v) is 8.14. The molecule has 0 saturated carbocycles. The van der Waals surface area contributed by atoms with Crippen LogP contribution in [0.3, 0.4) is 0 Å². The van der Waals surface area contributed by atoms with Gasteiger partial charge in [0.2, 0.25) is 0 Å². The third-order valence-corrected chi connectivity index (χ3v) is 5.65. The van der Waals surface area contributed by atoms with Crippen LogP contribution in [0.5, 0.6) is 0 Å². The number of nitrogens with one attached hydrogen (secondary N) is 2. The molecule has 2 heterocycles. The van der Waals surface area contributed by atoms with Crippen molar-refractivity contribution in [2.75, 3.05) is 13.1 Å². The molecule has 0 radical (unpaired) electrons. The van der Waals surface area contributed by atoms with Gasteiger partial charge in [-0.15, -0.1) is 11.3 Å². The van der Waals surface area contributed by atoms with Crippen molar-refractivity contribution >= 4 is 27.3 Å². The summed E-state index contributed by atoms with van der Waals surface area (Å²) in [5.41, 5.74) is 0.483. The van der Waals surface area contributed by atoms with Crippen molar-refractivity contribution in [2.45, 2.75) is 51.1 Å². The molecular weight excluding hydrogens is 308 g/mol. The molecule has 1 aromatic heterocycles. The molecule has 1 atom stereocenters. The molecule has 2 N–H and O–H groups in total. The highest BCUT2D eigenvalue weighted by molar-refractivity contribution is 9.11. The van der Waals surface area contributed by atoms with E-state index in [1.165, 1.54) is 15.1 Å². The van der Waals surface area contributed by atoms with Crippen molar-refractivity contribution < 1.29 is 0 Å². The number of hydrogen-bond donors (Lipinski definition) is 2. The Morgan fingerprint density at radius 1 is 1.50 bits per heavy atom. The van der Waals surface area contributed by atoms with E-state index in [-0.39, 0.29) is 11.0 Å². The summed E-state index contributed by atoms with van der Waals surface area (Å²) < 4.78 is 1.22. The Kier molecular flexibility index (Phi) is 4.22. The molecule has 0 bridgehead atoms. The summed E-state index contributed by atoms with van der Waals surface area (Å²) in [4.78, 5) is 1.44. The second kappa shape index (κ2) is 5.23. The standard InChI is InChI=1S/C14H23BrN2S/c1-13(2,11-5-6-12(15)18-11)9-16-10-7-14(3,4)17-8-10/h5-6,10,16-17H,7-9H2,1-4H3. The highest BCUT2D eigenvalue weighted by atomic mass is 79.9. The summed E-state index contributed by atoms with van der Waals surface area (Å²) in [6.07, 6.45) is 1.21. The van der Waals surface area contributed by atoms with Gasteiger partial charge in [-0.25, -0.2) is 0 Å². The Hall–Kier alpha value is 0.1000. The number of halogens is 1. The van der Waals surface area contributed by atoms with E-state index in [1.807, 2.05) is 11.3 Å². The van der Waals surface area contributed by atoms with Crippen LogP contribution in [0.4, 0.5) is 0 Å². The minimum Gasteiger partial charge on any atom is -0.312 e. The van der Waals surface area contributed by atoms with E-state index in [0.717, 1.165) is 13.1 Å². The first kappa shape index (κ1) is 14.5. The van der Waals surface area contributed by atoms with Crippen molar-refractivity contribution in [3.05, 3.63) is 20.8 Å². The van der Waals surface area contributed by atoms with Gasteiger partial charge in [0, 0.05) is 35.0 Å². The zero-order valence-corrected chi connectivity index (χ0v) is 14.0. The van der Waals surface area contributed by atoms with E-state index in [4.69, 9.17) is 0 Å². The zero-order chi connectivity index (χ0) is 13.4. The van der Waals surface area contributed by atoms with E-state index in [1.54, 1.807) is 0 Å². The number of thiophene rings is 1. The van der Waals surface area contributed by atoms with Gasteiger partial charge in [-0.3, -0.25) is 0 Å². The third-order valence-electron chi connectivity index (χ3n) is 3.66. The maximum Gasteiger partial charge on any atom is 0.0701 e. The number of rotatable bonds is 4. The molecule has 0 spiro atoms. The Balaban J connectivity index is 1.90. The van der Waals surface area contributed by atoms with Crippen LogP contribution in [-0.4, -0.2) is 24.7 Å². The molecule has 1 fully saturated rings. The third kappa shape index (κ3) is 3.56. The van der Waals surface area contributed by atoms with Crippen molar-refractivity contribution in [3.63, 3.8) is 0 Å². The van der Waals surface area contributed by atoms with Gasteiger partial charge in [-0.05, 0) is 48.3 Å². The van der Waals surface area contributed by atoms with Gasteiger partial charge in [-0.1, -0.05) is 13.8 Å². The monoisotopic (exact) mass is 330 g/mol. The summed E-state index contributed by atoms with van der Waals surface area (Å²) in [5.74, 6) is 0. The van der Waals surface area contributed by atoms with Crippen LogP contribution in [0.2, 0.25) is 0 Å². The maximum absolute atomic E-state index is 3.71. The normalized spacial score (nSPS) is 23.5. The lowest BCUT2D eigenvalue weighted by atomic mass is 9.91. The van der Waals surface area contributed by atoms with E-state index in [0.29, 0.717) is 6.04 Å². The second-order valence-electron chi connectivity index (χ2n) is 6.53. The molecule has 0 aromatic carbocycles. The highest BCUT2D eigenvalue weighted by Gasteiger charge is 2.31. The van der Waals surface area contributed by atoms with E-state index in [2.05, 4.69) is 66.4 Å². The Bertz CT molecular complexity index is 412. The van der Waals surface area contributed by atoms with Crippen molar-refractivity contribution in [2.24, 2.45) is 0 Å². The quantitative estimate of drug-likeness (QED) is 0.882. The molecule has 18 heavy (non-hydrogen) atoms. The summed E-state index contributed by atoms with van der Waals surface area (Å²) in [5, 5.41) is 7.27. The topological polar surface area (TPSA) is 24.1 Å². The molecule has 1 aromatic rings. The van der Waals surface area contributed by atoms with Gasteiger partial charge in [0.25, 0.3) is 0 Å². The van der Waals surface area contributed by atoms with Gasteiger partial charge < -0.3 is 10.6 Å². The SMILES string of the molecule is CC1(C)CC(NCC(C)(C)c2ccc(Br)s2)CN1. The van der Waals surface area contributed by atoms with E-state index >= 15 is 0 Å². The van der Waals surface area contributed by atoms with E-state index in [9.17, 15) is 0 Å². The van der Waals surface area contributed by atoms with Crippen molar-refractivity contribution in [1.29, 1.82) is 0 Å². The van der Waals surface area contributed by atoms with Gasteiger partial charge in [0.05, 0.1) is 3.79 Å². The van der Waals surface area contributed by atoms with E-state index < -0.39 is 0 Å². The Morgan fingerprint density at radius 3 is 2.72 bits per heavy atom. The lowest BCUT2D eigenvalue weighted by Crippen LogP contribution is -2.39. The molecule has 0 aliphatic carbocycles. The average Bonchev–Trinajstić information content (AvgIpc) is 2.82. The molecule has 1 aliphatic rings. The first-order valence-electron chi connectivity index (χ1n) is 6.53. The summed E-state index contributed by atoms with van der Waals surface area (Å²) in [6.45, 7) is 11.3. The minimum absolute atomic E-state index is 0.198. The second-order valence-corrected chi connectivity index (χ2v) is 9.00. The first-order chi connectivity index (χ1) is 8.28. The Morgan fingerprint density at radius 2 is 2.22 bits per heavy atom. The van der Waals surface area contributed by atoms with Gasteiger partial charge in [-0.2, -0.15) is 0 Å². The highest BCUT2D eigenvalue weighted by Crippen LogP contribution is 2.32. The van der Waals surface area contributed by atoms with Crippen LogP contribution in [0.1, 0.15) is 39.0 Å². The maximum atomic E-state index is 3.71. The lowest BCUT2D eigenvalue weighted by molar-refractivity contribution is 0.410. The fourth-order valence-electron chi connectivity index (χ4n) is 2.47. The summed E-state index contributed by atoms with van der Waals surface area (Å²) in [6, 6.07) is 4.97. The molecule has 4 heteroatoms. The minimum atomic E-state index is 0.198. The predicted octanol–water partition coefficient (Wildman–Crippen LogP) is 3.52. The smallest absolute Gasteiger partial charge is 0.0701 e. The van der Waals surface area contributed by atoms with Gasteiger partial charge in [0.1, 0.15) is 0 Å². The molecule has 2 nitrogen and oxygen atoms in total. The summed E-state index contributed by atoms with van der Waals surface area (Å²) in [7, 11) is 0. The summed E-state index contributed by atoms with van der Waals surface area (Å²) >= 11 is 5.38. The fourth-order valence-corrected chi connectivity index (χ4v) is 3.95. The van der Waals surface area contributed by atoms with Crippen LogP contribution in [-0.2, 0) is 5.41 Å². The molecule has 2 rings (SSSR count). The zero-order valence-electron chi connectivity index (χ0n) is 11.6. The molecule has 102 valence electrons. The van der Waals surface area contributed by atoms with Crippen LogP contribution < -0.4 is 10.6 Å². The average molecular weight is 331 g/mol. The van der Waals surface area contributed by atoms with Gasteiger partial charge >= 0.3 is 0 Å². The Labute approximate surface area is 123 Å². The van der Waals surface area contributed by atoms with Gasteiger partial charge in [0.15, 0.2) is 0 Å². The largest absolute Gasteiger partial charge is 0.312 e. The molecule has 1 aliphatic heterocycles. The molecule has 1 unspecified atom stereocenters. The van der Waals surface area contributed by atoms with Crippen molar-refractivity contribution in [3.8, 4) is 0 Å². The van der Waals surface area contributed by atoms with Crippen LogP contribution >= 0.6 is 27.3 Å². The van der Waals surface area contributed by atoms with Crippen LogP contribution in [0.25, 0.3) is 0 Å². The van der Waals surface area contributed by atoms with Crippen molar-refractivity contribution in [1.82, 2.24) is 10.6 Å². The molecular formula is C14H23BrN2S. The fraction of sp³-hybridized carbons (Fsp3) is 0.714. The van der Waals surface area contributed by atoms with Crippen LogP contribution in [0, 0.1) is 0 Å².